The van der Waals surface area contributed by atoms with Crippen molar-refractivity contribution in [1.29, 1.82) is 0 Å². The standard InChI is InChI=1S/C33H24Cl2N2O4/c1-19-7-6-8-22(17-19)41-21-15-13-20(14-16-21)36-27(38)18-37-30(39)28-29(31(37)40)33(35)24-10-3-2-9-23(24)32(28,34)25-11-4-5-12-26(25)33/h2-17,28-29H,18H2,1H3,(H,36,38)/t28-,29+,32?,33?. The summed E-state index contributed by atoms with van der Waals surface area (Å²) in [6, 6.07) is 29.4. The number of ether oxygens (including phenoxy) is 1. The third-order valence-electron chi connectivity index (χ3n) is 8.34. The summed E-state index contributed by atoms with van der Waals surface area (Å²) in [5.74, 6) is -2.07. The van der Waals surface area contributed by atoms with Gasteiger partial charge in [-0.2, -0.15) is 0 Å². The Hall–Kier alpha value is -4.13. The minimum atomic E-state index is -1.28. The lowest BCUT2D eigenvalue weighted by Crippen LogP contribution is -2.57. The predicted molar refractivity (Wildman–Crippen MR) is 156 cm³/mol. The number of halogens is 2. The van der Waals surface area contributed by atoms with Gasteiger partial charge in [-0.25, -0.2) is 0 Å². The van der Waals surface area contributed by atoms with E-state index in [1.54, 1.807) is 24.3 Å². The first-order valence-corrected chi connectivity index (χ1v) is 14.1. The molecule has 1 fully saturated rings. The Morgan fingerprint density at radius 3 is 1.76 bits per heavy atom. The number of anilines is 1. The first kappa shape index (κ1) is 25.8. The van der Waals surface area contributed by atoms with E-state index in [2.05, 4.69) is 5.32 Å². The zero-order valence-electron chi connectivity index (χ0n) is 21.9. The lowest BCUT2D eigenvalue weighted by atomic mass is 9.54. The van der Waals surface area contributed by atoms with Gasteiger partial charge in [0.05, 0.1) is 11.8 Å². The first-order chi connectivity index (χ1) is 19.7. The fraction of sp³-hybridized carbons (Fsp3) is 0.182. The maximum atomic E-state index is 13.9. The Labute approximate surface area is 246 Å². The molecule has 2 bridgehead atoms. The number of hydrogen-bond acceptors (Lipinski definition) is 4. The highest BCUT2D eigenvalue weighted by molar-refractivity contribution is 6.36. The normalized spacial score (nSPS) is 25.4. The van der Waals surface area contributed by atoms with E-state index >= 15 is 0 Å². The van der Waals surface area contributed by atoms with E-state index in [1.165, 1.54) is 0 Å². The van der Waals surface area contributed by atoms with Gasteiger partial charge in [-0.3, -0.25) is 19.3 Å². The fourth-order valence-corrected chi connectivity index (χ4v) is 7.74. The van der Waals surface area contributed by atoms with Crippen LogP contribution in [0.25, 0.3) is 0 Å². The maximum absolute atomic E-state index is 13.9. The fourth-order valence-electron chi connectivity index (χ4n) is 6.65. The highest BCUT2D eigenvalue weighted by Gasteiger charge is 2.73. The molecule has 4 aromatic rings. The van der Waals surface area contributed by atoms with Crippen LogP contribution in [0.2, 0.25) is 0 Å². The van der Waals surface area contributed by atoms with E-state index in [-0.39, 0.29) is 0 Å². The second-order valence-corrected chi connectivity index (χ2v) is 11.9. The van der Waals surface area contributed by atoms with E-state index in [0.29, 0.717) is 17.2 Å². The van der Waals surface area contributed by atoms with Gasteiger partial charge in [0.15, 0.2) is 0 Å². The highest BCUT2D eigenvalue weighted by Crippen LogP contribution is 2.69. The molecule has 1 saturated heterocycles. The van der Waals surface area contributed by atoms with Crippen LogP contribution >= 0.6 is 23.2 Å². The van der Waals surface area contributed by atoms with Crippen molar-refractivity contribution in [2.75, 3.05) is 11.9 Å². The van der Waals surface area contributed by atoms with Gasteiger partial charge in [-0.15, -0.1) is 23.2 Å². The maximum Gasteiger partial charge on any atom is 0.244 e. The smallest absolute Gasteiger partial charge is 0.244 e. The minimum Gasteiger partial charge on any atom is -0.457 e. The molecule has 0 spiro atoms. The van der Waals surface area contributed by atoms with Crippen LogP contribution in [0.5, 0.6) is 11.5 Å². The Balaban J connectivity index is 1.14. The number of aryl methyl sites for hydroxylation is 1. The Kier molecular flexibility index (Phi) is 5.79. The van der Waals surface area contributed by atoms with Gasteiger partial charge in [0.25, 0.3) is 0 Å². The molecular formula is C33H24Cl2N2O4. The molecule has 0 unspecified atom stereocenters. The second-order valence-electron chi connectivity index (χ2n) is 10.7. The minimum absolute atomic E-state index is 0.446. The molecule has 0 saturated carbocycles. The number of amides is 3. The van der Waals surface area contributed by atoms with Gasteiger partial charge in [0.2, 0.25) is 17.7 Å². The summed E-state index contributed by atoms with van der Waals surface area (Å²) in [4.78, 5) is 39.4. The van der Waals surface area contributed by atoms with Gasteiger partial charge in [-0.05, 0) is 71.1 Å². The van der Waals surface area contributed by atoms with Crippen LogP contribution in [0.1, 0.15) is 27.8 Å². The molecule has 1 aliphatic heterocycles. The molecule has 1 heterocycles. The largest absolute Gasteiger partial charge is 0.457 e. The van der Waals surface area contributed by atoms with Crippen molar-refractivity contribution in [2.45, 2.75) is 16.7 Å². The van der Waals surface area contributed by atoms with E-state index in [9.17, 15) is 14.4 Å². The van der Waals surface area contributed by atoms with Crippen molar-refractivity contribution in [1.82, 2.24) is 4.90 Å². The average Bonchev–Trinajstić information content (AvgIpc) is 3.23. The number of likely N-dealkylation sites (tertiary alicyclic amines) is 1. The van der Waals surface area contributed by atoms with Gasteiger partial charge < -0.3 is 10.1 Å². The molecule has 2 atom stereocenters. The SMILES string of the molecule is Cc1cccc(Oc2ccc(NC(=O)CN3C(=O)[C@@H]4[C@H](C3=O)C3(Cl)c5ccccc5C4(Cl)c4ccccc43)cc2)c1. The van der Waals surface area contributed by atoms with E-state index in [0.717, 1.165) is 32.7 Å². The summed E-state index contributed by atoms with van der Waals surface area (Å²) in [5, 5.41) is 2.78. The average molecular weight is 583 g/mol. The number of alkyl halides is 2. The summed E-state index contributed by atoms with van der Waals surface area (Å²) < 4.78 is 5.87. The zero-order valence-corrected chi connectivity index (χ0v) is 23.4. The van der Waals surface area contributed by atoms with Gasteiger partial charge in [0.1, 0.15) is 27.8 Å². The molecule has 3 amide bonds. The molecule has 41 heavy (non-hydrogen) atoms. The molecular weight excluding hydrogens is 559 g/mol. The van der Waals surface area contributed by atoms with Crippen LogP contribution in [-0.4, -0.2) is 29.2 Å². The third-order valence-corrected chi connectivity index (χ3v) is 9.63. The number of rotatable bonds is 5. The predicted octanol–water partition coefficient (Wildman–Crippen LogP) is 6.32. The summed E-state index contributed by atoms with van der Waals surface area (Å²) in [7, 11) is 0. The lowest BCUT2D eigenvalue weighted by Gasteiger charge is -2.54. The topological polar surface area (TPSA) is 75.7 Å². The van der Waals surface area contributed by atoms with Crippen molar-refractivity contribution >= 4 is 46.6 Å². The van der Waals surface area contributed by atoms with Crippen LogP contribution in [0.15, 0.2) is 97.1 Å². The molecule has 204 valence electrons. The van der Waals surface area contributed by atoms with Crippen molar-refractivity contribution in [3.05, 3.63) is 125 Å². The van der Waals surface area contributed by atoms with Crippen LogP contribution in [0.3, 0.4) is 0 Å². The van der Waals surface area contributed by atoms with E-state index < -0.39 is 45.9 Å². The summed E-state index contributed by atoms with van der Waals surface area (Å²) in [6.07, 6.45) is 0. The van der Waals surface area contributed by atoms with E-state index in [1.807, 2.05) is 79.7 Å². The molecule has 0 radical (unpaired) electrons. The van der Waals surface area contributed by atoms with Gasteiger partial charge in [-0.1, -0.05) is 60.7 Å². The van der Waals surface area contributed by atoms with Gasteiger partial charge >= 0.3 is 0 Å². The monoisotopic (exact) mass is 582 g/mol. The third kappa shape index (κ3) is 3.67. The molecule has 0 aromatic heterocycles. The number of imide groups is 1. The number of carbonyl (C=O) groups excluding carboxylic acids is 3. The van der Waals surface area contributed by atoms with Crippen LogP contribution < -0.4 is 10.1 Å². The Morgan fingerprint density at radius 2 is 1.27 bits per heavy atom. The number of nitrogens with one attached hydrogen (secondary N) is 1. The molecule has 3 aliphatic carbocycles. The molecule has 4 aromatic carbocycles. The Morgan fingerprint density at radius 1 is 0.756 bits per heavy atom. The first-order valence-electron chi connectivity index (χ1n) is 13.3. The molecule has 1 N–H and O–H groups in total. The number of benzene rings is 4. The molecule has 6 nitrogen and oxygen atoms in total. The van der Waals surface area contributed by atoms with Crippen molar-refractivity contribution < 1.29 is 19.1 Å². The summed E-state index contributed by atoms with van der Waals surface area (Å²) >= 11 is 14.8. The molecule has 8 rings (SSSR count). The number of hydrogen-bond donors (Lipinski definition) is 1. The Bertz CT molecular complexity index is 1630. The number of carbonyl (C=O) groups is 3. The summed E-state index contributed by atoms with van der Waals surface area (Å²) in [6.45, 7) is 1.54. The van der Waals surface area contributed by atoms with Gasteiger partial charge in [0, 0.05) is 5.69 Å². The highest BCUT2D eigenvalue weighted by atomic mass is 35.5. The molecule has 8 heteroatoms. The molecule has 4 aliphatic rings. The van der Waals surface area contributed by atoms with Crippen LogP contribution in [-0.2, 0) is 24.1 Å². The van der Waals surface area contributed by atoms with Crippen LogP contribution in [0, 0.1) is 18.8 Å². The van der Waals surface area contributed by atoms with Crippen molar-refractivity contribution in [3.63, 3.8) is 0 Å². The van der Waals surface area contributed by atoms with Crippen molar-refractivity contribution in [3.8, 4) is 11.5 Å². The van der Waals surface area contributed by atoms with E-state index in [4.69, 9.17) is 27.9 Å². The zero-order chi connectivity index (χ0) is 28.5. The quantitative estimate of drug-likeness (QED) is 0.221. The number of nitrogens with zero attached hydrogens (tertiary/aromatic N) is 1. The van der Waals surface area contributed by atoms with Crippen molar-refractivity contribution in [2.24, 2.45) is 11.8 Å². The summed E-state index contributed by atoms with van der Waals surface area (Å²) in [5.41, 5.74) is 4.46. The second kappa shape index (κ2) is 9.20. The van der Waals surface area contributed by atoms with Crippen LogP contribution in [0.4, 0.5) is 5.69 Å². The lowest BCUT2D eigenvalue weighted by molar-refractivity contribution is -0.142.